The Bertz CT molecular complexity index is 1570. The highest BCUT2D eigenvalue weighted by Crippen LogP contribution is 2.36. The van der Waals surface area contributed by atoms with Crippen LogP contribution in [0, 0.1) is 5.82 Å². The van der Waals surface area contributed by atoms with Crippen LogP contribution in [0.1, 0.15) is 10.4 Å². The topological polar surface area (TPSA) is 99.0 Å². The van der Waals surface area contributed by atoms with Crippen LogP contribution < -0.4 is 19.0 Å². The molecule has 0 fully saturated rings. The molecule has 1 N–H and O–H groups in total. The lowest BCUT2D eigenvalue weighted by molar-refractivity contribution is 0.0998. The van der Waals surface area contributed by atoms with Gasteiger partial charge in [0, 0.05) is 30.4 Å². The average molecular weight is 486 g/mol. The van der Waals surface area contributed by atoms with Gasteiger partial charge in [0.25, 0.3) is 15.9 Å². The predicted octanol–water partition coefficient (Wildman–Crippen LogP) is 3.65. The summed E-state index contributed by atoms with van der Waals surface area (Å²) in [6.07, 6.45) is 0. The lowest BCUT2D eigenvalue weighted by Crippen LogP contribution is -2.14. The smallest absolute Gasteiger partial charge is 0.279 e. The van der Waals surface area contributed by atoms with Crippen molar-refractivity contribution in [2.75, 3.05) is 11.5 Å². The van der Waals surface area contributed by atoms with Crippen LogP contribution in [0.4, 0.5) is 10.1 Å². The molecule has 5 rings (SSSR count). The number of sulfonamides is 1. The Kier molecular flexibility index (Phi) is 5.14. The number of anilines is 1. The average Bonchev–Trinajstić information content (AvgIpc) is 3.36. The maximum Gasteiger partial charge on any atom is 0.279 e. The van der Waals surface area contributed by atoms with Crippen molar-refractivity contribution in [1.82, 2.24) is 4.57 Å². The van der Waals surface area contributed by atoms with Crippen molar-refractivity contribution in [2.45, 2.75) is 4.90 Å². The van der Waals surface area contributed by atoms with E-state index in [-0.39, 0.29) is 22.9 Å². The molecule has 1 aromatic heterocycles. The van der Waals surface area contributed by atoms with Gasteiger partial charge in [-0.25, -0.2) is 12.8 Å². The van der Waals surface area contributed by atoms with Crippen molar-refractivity contribution >= 4 is 43.2 Å². The molecule has 0 atom stereocenters. The zero-order valence-electron chi connectivity index (χ0n) is 17.1. The fourth-order valence-corrected chi connectivity index (χ4v) is 5.40. The first-order chi connectivity index (χ1) is 15.8. The van der Waals surface area contributed by atoms with E-state index < -0.39 is 21.7 Å². The summed E-state index contributed by atoms with van der Waals surface area (Å²) >= 11 is 1.32. The van der Waals surface area contributed by atoms with Gasteiger partial charge in [0.15, 0.2) is 16.3 Å². The first-order valence-corrected chi connectivity index (χ1v) is 12.0. The number of aromatic nitrogens is 1. The highest BCUT2D eigenvalue weighted by Gasteiger charge is 2.18. The minimum Gasteiger partial charge on any atom is -0.454 e. The van der Waals surface area contributed by atoms with Crippen molar-refractivity contribution in [3.05, 3.63) is 76.8 Å². The number of benzene rings is 3. The maximum atomic E-state index is 13.1. The molecule has 0 radical (unpaired) electrons. The number of hydrogen-bond acceptors (Lipinski definition) is 6. The normalized spacial score (nSPS) is 13.5. The molecule has 1 amide bonds. The summed E-state index contributed by atoms with van der Waals surface area (Å²) in [4.78, 5) is 17.4. The molecule has 0 saturated carbocycles. The summed E-state index contributed by atoms with van der Waals surface area (Å²) in [6, 6.07) is 14.1. The first-order valence-electron chi connectivity index (χ1n) is 9.67. The van der Waals surface area contributed by atoms with E-state index in [0.717, 1.165) is 34.5 Å². The molecular weight excluding hydrogens is 469 g/mol. The maximum absolute atomic E-state index is 13.1. The van der Waals surface area contributed by atoms with Gasteiger partial charge in [0.1, 0.15) is 5.82 Å². The number of amides is 1. The molecule has 4 aromatic rings. The third-order valence-electron chi connectivity index (χ3n) is 4.99. The second-order valence-corrected chi connectivity index (χ2v) is 9.87. The number of halogens is 1. The standard InChI is InChI=1S/C22H16FN3O5S2/c1-26-17-10-18-19(31-12-30-18)11-20(17)32-22(26)24-21(27)13-3-2-4-15(9-13)25-33(28,29)16-7-5-14(23)6-8-16/h2-11,25H,12H2,1H3. The van der Waals surface area contributed by atoms with Crippen LogP contribution in [0.2, 0.25) is 0 Å². The van der Waals surface area contributed by atoms with E-state index >= 15 is 0 Å². The lowest BCUT2D eigenvalue weighted by Gasteiger charge is -2.08. The van der Waals surface area contributed by atoms with Gasteiger partial charge in [-0.1, -0.05) is 17.4 Å². The van der Waals surface area contributed by atoms with Crippen molar-refractivity contribution in [1.29, 1.82) is 0 Å². The lowest BCUT2D eigenvalue weighted by atomic mass is 10.2. The highest BCUT2D eigenvalue weighted by atomic mass is 32.2. The summed E-state index contributed by atoms with van der Waals surface area (Å²) in [5.74, 6) is 0.209. The van der Waals surface area contributed by atoms with Crippen LogP contribution in [0.25, 0.3) is 10.2 Å². The van der Waals surface area contributed by atoms with Crippen molar-refractivity contribution in [3.63, 3.8) is 0 Å². The van der Waals surface area contributed by atoms with Crippen LogP contribution in [0.3, 0.4) is 0 Å². The fourth-order valence-electron chi connectivity index (χ4n) is 3.32. The van der Waals surface area contributed by atoms with Crippen LogP contribution in [0.5, 0.6) is 11.5 Å². The second-order valence-electron chi connectivity index (χ2n) is 7.17. The third-order valence-corrected chi connectivity index (χ3v) is 7.48. The minimum absolute atomic E-state index is 0.0949. The molecule has 8 nitrogen and oxygen atoms in total. The van der Waals surface area contributed by atoms with Gasteiger partial charge in [-0.3, -0.25) is 9.52 Å². The van der Waals surface area contributed by atoms with Gasteiger partial charge >= 0.3 is 0 Å². The molecule has 0 saturated heterocycles. The molecule has 0 spiro atoms. The molecule has 33 heavy (non-hydrogen) atoms. The molecule has 0 bridgehead atoms. The number of nitrogens with one attached hydrogen (secondary N) is 1. The monoisotopic (exact) mass is 485 g/mol. The van der Waals surface area contributed by atoms with Crippen molar-refractivity contribution in [3.8, 4) is 11.5 Å². The molecule has 3 aromatic carbocycles. The van der Waals surface area contributed by atoms with Gasteiger partial charge in [-0.2, -0.15) is 4.99 Å². The zero-order valence-corrected chi connectivity index (χ0v) is 18.7. The van der Waals surface area contributed by atoms with Crippen molar-refractivity contribution in [2.24, 2.45) is 12.0 Å². The van der Waals surface area contributed by atoms with Crippen LogP contribution in [0.15, 0.2) is 70.6 Å². The number of nitrogens with zero attached hydrogens (tertiary/aromatic N) is 2. The number of fused-ring (bicyclic) bond motifs is 2. The summed E-state index contributed by atoms with van der Waals surface area (Å²) in [5, 5.41) is 0. The Hall–Kier alpha value is -3.70. The number of thiazole rings is 1. The molecule has 168 valence electrons. The predicted molar refractivity (Wildman–Crippen MR) is 120 cm³/mol. The fraction of sp³-hybridized carbons (Fsp3) is 0.0909. The molecule has 1 aliphatic rings. The Labute approximate surface area is 191 Å². The summed E-state index contributed by atoms with van der Waals surface area (Å²) < 4.78 is 54.1. The minimum atomic E-state index is -3.95. The molecule has 0 unspecified atom stereocenters. The molecule has 0 aliphatic carbocycles. The van der Waals surface area contributed by atoms with Gasteiger partial charge in [0.2, 0.25) is 6.79 Å². The van der Waals surface area contributed by atoms with E-state index in [9.17, 15) is 17.6 Å². The van der Waals surface area contributed by atoms with Crippen molar-refractivity contribution < 1.29 is 27.1 Å². The summed E-state index contributed by atoms with van der Waals surface area (Å²) in [6.45, 7) is 0.174. The number of carbonyl (C=O) groups excluding carboxylic acids is 1. The Morgan fingerprint density at radius 2 is 1.82 bits per heavy atom. The largest absolute Gasteiger partial charge is 0.454 e. The number of rotatable bonds is 4. The molecule has 1 aliphatic heterocycles. The van der Waals surface area contributed by atoms with E-state index in [1.54, 1.807) is 23.7 Å². The summed E-state index contributed by atoms with van der Waals surface area (Å²) in [5.41, 5.74) is 1.24. The van der Waals surface area contributed by atoms with Crippen LogP contribution >= 0.6 is 11.3 Å². The van der Waals surface area contributed by atoms with E-state index in [1.807, 2.05) is 12.1 Å². The third kappa shape index (κ3) is 4.08. The first kappa shape index (κ1) is 21.2. The van der Waals surface area contributed by atoms with E-state index in [2.05, 4.69) is 9.71 Å². The quantitative estimate of drug-likeness (QED) is 0.476. The molecular formula is C22H16FN3O5S2. The van der Waals surface area contributed by atoms with Crippen LogP contribution in [-0.2, 0) is 17.1 Å². The van der Waals surface area contributed by atoms with E-state index in [4.69, 9.17) is 9.47 Å². The number of aryl methyl sites for hydroxylation is 1. The molecule has 11 heteroatoms. The Balaban J connectivity index is 1.44. The van der Waals surface area contributed by atoms with Gasteiger partial charge < -0.3 is 14.0 Å². The van der Waals surface area contributed by atoms with E-state index in [0.29, 0.717) is 16.3 Å². The van der Waals surface area contributed by atoms with Gasteiger partial charge in [-0.05, 0) is 42.5 Å². The number of ether oxygens (including phenoxy) is 2. The van der Waals surface area contributed by atoms with Gasteiger partial charge in [0.05, 0.1) is 15.1 Å². The zero-order chi connectivity index (χ0) is 23.2. The van der Waals surface area contributed by atoms with E-state index in [1.165, 1.54) is 23.5 Å². The summed E-state index contributed by atoms with van der Waals surface area (Å²) in [7, 11) is -2.15. The van der Waals surface area contributed by atoms with Crippen LogP contribution in [-0.4, -0.2) is 25.7 Å². The SMILES string of the molecule is Cn1c(=NC(=O)c2cccc(NS(=O)(=O)c3ccc(F)cc3)c2)sc2cc3c(cc21)OCO3. The Morgan fingerprint density at radius 1 is 1.09 bits per heavy atom. The molecule has 2 heterocycles. The Morgan fingerprint density at radius 3 is 2.58 bits per heavy atom. The number of carbonyl (C=O) groups is 1. The number of hydrogen-bond donors (Lipinski definition) is 1. The highest BCUT2D eigenvalue weighted by molar-refractivity contribution is 7.92. The second kappa shape index (κ2) is 8.01. The van der Waals surface area contributed by atoms with Gasteiger partial charge in [-0.15, -0.1) is 0 Å².